The van der Waals surface area contributed by atoms with Gasteiger partial charge in [-0.15, -0.1) is 0 Å². The summed E-state index contributed by atoms with van der Waals surface area (Å²) in [4.78, 5) is 30.9. The number of anilines is 1. The zero-order valence-corrected chi connectivity index (χ0v) is 23.3. The Bertz CT molecular complexity index is 1280. The van der Waals surface area contributed by atoms with Crippen LogP contribution >= 0.6 is 8.25 Å². The maximum absolute atomic E-state index is 12.7. The quantitative estimate of drug-likeness (QED) is 0.282. The van der Waals surface area contributed by atoms with Crippen LogP contribution in [0.2, 0.25) is 18.1 Å². The topological polar surface area (TPSA) is 157 Å². The molecule has 2 aromatic heterocycles. The molecule has 1 aromatic carbocycles. The molecule has 0 aliphatic carbocycles. The second-order valence-corrected chi connectivity index (χ2v) is 15.8. The van der Waals surface area contributed by atoms with E-state index in [2.05, 4.69) is 41.2 Å². The van der Waals surface area contributed by atoms with Gasteiger partial charge in [-0.2, -0.15) is 5.10 Å². The van der Waals surface area contributed by atoms with E-state index < -0.39 is 47.6 Å². The fourth-order valence-corrected chi connectivity index (χ4v) is 5.71. The van der Waals surface area contributed by atoms with Gasteiger partial charge < -0.3 is 29.0 Å². The zero-order valence-electron chi connectivity index (χ0n) is 21.3. The smallest absolute Gasteiger partial charge is 0.317 e. The summed E-state index contributed by atoms with van der Waals surface area (Å²) in [5.74, 6) is -0.161. The predicted molar refractivity (Wildman–Crippen MR) is 138 cm³/mol. The molecule has 2 unspecified atom stereocenters. The highest BCUT2D eigenvalue weighted by atomic mass is 31.1. The molecule has 14 heteroatoms. The molecule has 0 radical (unpaired) electrons. The molecule has 200 valence electrons. The Kier molecular flexibility index (Phi) is 7.95. The van der Waals surface area contributed by atoms with Crippen LogP contribution < -0.4 is 5.32 Å². The molecule has 37 heavy (non-hydrogen) atoms. The van der Waals surface area contributed by atoms with Gasteiger partial charge in [0, 0.05) is 5.56 Å². The third kappa shape index (κ3) is 5.67. The number of fused-ring (bicyclic) bond motifs is 1. The standard InChI is InChI=1S/C23H32N5O7PSi/c1-23(2,3)37(4,5)35-19-17(33-16(12-29)18(19)34-36(31)32)15-11-24-21-20(25-13-26-28(15)21)27-22(30)14-9-7-6-8-10-14/h6-11,13,16-19,29,36H,12H2,1-5H3,(H,31,32)(H,25,26,27,30)/t16-,17+,18?,19-/m1/s1. The van der Waals surface area contributed by atoms with Gasteiger partial charge in [0.2, 0.25) is 0 Å². The highest BCUT2D eigenvalue weighted by Gasteiger charge is 2.52. The van der Waals surface area contributed by atoms with Gasteiger partial charge in [-0.25, -0.2) is 14.5 Å². The van der Waals surface area contributed by atoms with Crippen LogP contribution in [0.4, 0.5) is 5.82 Å². The number of rotatable bonds is 8. The fourth-order valence-electron chi connectivity index (χ4n) is 3.90. The Morgan fingerprint density at radius 3 is 2.54 bits per heavy atom. The highest BCUT2D eigenvalue weighted by molar-refractivity contribution is 7.32. The lowest BCUT2D eigenvalue weighted by Gasteiger charge is -2.40. The molecular formula is C23H32N5O7PSi. The van der Waals surface area contributed by atoms with E-state index in [1.807, 2.05) is 19.2 Å². The molecule has 3 heterocycles. The number of ether oxygens (including phenoxy) is 1. The van der Waals surface area contributed by atoms with Crippen LogP contribution in [0.5, 0.6) is 0 Å². The summed E-state index contributed by atoms with van der Waals surface area (Å²) in [6, 6.07) is 8.70. The summed E-state index contributed by atoms with van der Waals surface area (Å²) in [6.45, 7) is 9.86. The Morgan fingerprint density at radius 2 is 1.92 bits per heavy atom. The van der Waals surface area contributed by atoms with Crippen LogP contribution in [0.25, 0.3) is 5.65 Å². The van der Waals surface area contributed by atoms with Crippen molar-refractivity contribution in [2.24, 2.45) is 0 Å². The molecule has 3 N–H and O–H groups in total. The number of carbonyl (C=O) groups excluding carboxylic acids is 1. The van der Waals surface area contributed by atoms with Crippen LogP contribution in [-0.4, -0.2) is 68.7 Å². The van der Waals surface area contributed by atoms with Crippen molar-refractivity contribution in [2.45, 2.75) is 63.3 Å². The molecule has 3 aromatic rings. The summed E-state index contributed by atoms with van der Waals surface area (Å²) in [6.07, 6.45) is -0.762. The SMILES string of the molecule is CC(C)(C)[Si](C)(C)O[C@H]1C(O[PH](=O)O)[C@@H](CO)O[C@H]1c1cnc2c(NC(=O)c3ccccc3)ncnn12. The number of aromatic nitrogens is 4. The van der Waals surface area contributed by atoms with Crippen LogP contribution in [0, 0.1) is 0 Å². The number of nitrogens with one attached hydrogen (secondary N) is 1. The van der Waals surface area contributed by atoms with E-state index in [1.165, 1.54) is 17.0 Å². The molecule has 5 atom stereocenters. The van der Waals surface area contributed by atoms with E-state index >= 15 is 0 Å². The lowest BCUT2D eigenvalue weighted by Crippen LogP contribution is -2.48. The number of carbonyl (C=O) groups is 1. The maximum atomic E-state index is 12.7. The average Bonchev–Trinajstić information content (AvgIpc) is 3.40. The van der Waals surface area contributed by atoms with E-state index in [1.54, 1.807) is 24.3 Å². The molecule has 1 saturated heterocycles. The Balaban J connectivity index is 1.72. The van der Waals surface area contributed by atoms with Crippen molar-refractivity contribution < 1.29 is 33.0 Å². The van der Waals surface area contributed by atoms with Gasteiger partial charge in [0.15, 0.2) is 19.8 Å². The number of benzene rings is 1. The number of hydrogen-bond acceptors (Lipinski definition) is 9. The van der Waals surface area contributed by atoms with Gasteiger partial charge in [-0.3, -0.25) is 9.36 Å². The number of aliphatic hydroxyl groups excluding tert-OH is 1. The minimum Gasteiger partial charge on any atom is -0.408 e. The Hall–Kier alpha value is -2.51. The van der Waals surface area contributed by atoms with E-state index in [9.17, 15) is 19.4 Å². The number of amides is 1. The van der Waals surface area contributed by atoms with Crippen molar-refractivity contribution in [2.75, 3.05) is 11.9 Å². The van der Waals surface area contributed by atoms with Crippen LogP contribution in [0.3, 0.4) is 0 Å². The summed E-state index contributed by atoms with van der Waals surface area (Å²) in [7, 11) is -5.79. The normalized spacial score (nSPS) is 23.3. The van der Waals surface area contributed by atoms with Gasteiger partial charge in [0.1, 0.15) is 30.7 Å². The van der Waals surface area contributed by atoms with Gasteiger partial charge in [-0.1, -0.05) is 39.0 Å². The van der Waals surface area contributed by atoms with E-state index in [0.717, 1.165) is 0 Å². The molecule has 4 rings (SSSR count). The second kappa shape index (κ2) is 10.7. The molecule has 1 amide bonds. The first-order valence-electron chi connectivity index (χ1n) is 11.8. The van der Waals surface area contributed by atoms with Crippen molar-refractivity contribution in [3.63, 3.8) is 0 Å². The minimum atomic E-state index is -3.36. The largest absolute Gasteiger partial charge is 0.408 e. The number of imidazole rings is 1. The zero-order chi connectivity index (χ0) is 27.0. The first-order valence-corrected chi connectivity index (χ1v) is 16.0. The third-order valence-electron chi connectivity index (χ3n) is 6.85. The maximum Gasteiger partial charge on any atom is 0.317 e. The van der Waals surface area contributed by atoms with Gasteiger partial charge in [0.05, 0.1) is 18.5 Å². The van der Waals surface area contributed by atoms with Crippen molar-refractivity contribution in [1.82, 2.24) is 19.6 Å². The van der Waals surface area contributed by atoms with Crippen molar-refractivity contribution in [3.8, 4) is 0 Å². The number of aliphatic hydroxyl groups is 1. The van der Waals surface area contributed by atoms with Crippen LogP contribution in [0.1, 0.15) is 42.9 Å². The van der Waals surface area contributed by atoms with Gasteiger partial charge >= 0.3 is 8.25 Å². The molecule has 0 bridgehead atoms. The lowest BCUT2D eigenvalue weighted by atomic mass is 10.1. The summed E-state index contributed by atoms with van der Waals surface area (Å²) in [5.41, 5.74) is 1.19. The van der Waals surface area contributed by atoms with Crippen LogP contribution in [0.15, 0.2) is 42.9 Å². The molecular weight excluding hydrogens is 517 g/mol. The van der Waals surface area contributed by atoms with Crippen molar-refractivity contribution >= 4 is 33.9 Å². The fraction of sp³-hybridized carbons (Fsp3) is 0.478. The minimum absolute atomic E-state index is 0.180. The van der Waals surface area contributed by atoms with Crippen LogP contribution in [-0.2, 0) is 18.3 Å². The van der Waals surface area contributed by atoms with E-state index in [0.29, 0.717) is 11.3 Å². The third-order valence-corrected chi connectivity index (χ3v) is 11.8. The van der Waals surface area contributed by atoms with Gasteiger partial charge in [0.25, 0.3) is 5.91 Å². The number of nitrogens with zero attached hydrogens (tertiary/aromatic N) is 4. The van der Waals surface area contributed by atoms with Gasteiger partial charge in [-0.05, 0) is 30.3 Å². The Morgan fingerprint density at radius 1 is 1.22 bits per heavy atom. The molecule has 12 nitrogen and oxygen atoms in total. The first kappa shape index (κ1) is 27.5. The number of hydrogen-bond donors (Lipinski definition) is 3. The van der Waals surface area contributed by atoms with E-state index in [4.69, 9.17) is 13.7 Å². The Labute approximate surface area is 216 Å². The van der Waals surface area contributed by atoms with E-state index in [-0.39, 0.29) is 22.4 Å². The summed E-state index contributed by atoms with van der Waals surface area (Å²) in [5, 5.41) is 16.9. The highest BCUT2D eigenvalue weighted by Crippen LogP contribution is 2.45. The molecule has 0 spiro atoms. The average molecular weight is 550 g/mol. The molecule has 1 fully saturated rings. The monoisotopic (exact) mass is 549 g/mol. The molecule has 0 saturated carbocycles. The first-order chi connectivity index (χ1) is 17.4. The lowest BCUT2D eigenvalue weighted by molar-refractivity contribution is -0.0205. The summed E-state index contributed by atoms with van der Waals surface area (Å²) >= 11 is 0. The molecule has 1 aliphatic heterocycles. The van der Waals surface area contributed by atoms with Crippen molar-refractivity contribution in [3.05, 3.63) is 54.1 Å². The predicted octanol–water partition coefficient (Wildman–Crippen LogP) is 2.97. The van der Waals surface area contributed by atoms with Crippen molar-refractivity contribution in [1.29, 1.82) is 0 Å². The second-order valence-electron chi connectivity index (χ2n) is 10.3. The molecule has 1 aliphatic rings. The summed E-state index contributed by atoms with van der Waals surface area (Å²) < 4.78 is 31.3.